The summed E-state index contributed by atoms with van der Waals surface area (Å²) >= 11 is 0. The number of fused-ring (bicyclic) bond motifs is 6. The van der Waals surface area contributed by atoms with Crippen LogP contribution in [-0.2, 0) is 61.2 Å². The van der Waals surface area contributed by atoms with Crippen LogP contribution in [0.3, 0.4) is 0 Å². The van der Waals surface area contributed by atoms with Crippen LogP contribution in [0, 0.1) is 11.3 Å². The van der Waals surface area contributed by atoms with Crippen molar-refractivity contribution < 1.29 is 28.7 Å². The number of nitrogens with one attached hydrogen (secondary N) is 2. The number of ether oxygens (including phenoxy) is 2. The van der Waals surface area contributed by atoms with Crippen molar-refractivity contribution in [1.29, 1.82) is 0 Å². The van der Waals surface area contributed by atoms with E-state index in [4.69, 9.17) is 9.47 Å². The van der Waals surface area contributed by atoms with Gasteiger partial charge < -0.3 is 24.3 Å². The minimum atomic E-state index is -1.03. The van der Waals surface area contributed by atoms with E-state index in [1.54, 1.807) is 20.4 Å². The number of rotatable bonds is 13. The van der Waals surface area contributed by atoms with Gasteiger partial charge >= 0.3 is 5.97 Å². The second-order valence-electron chi connectivity index (χ2n) is 18.7. The minimum Gasteiger partial charge on any atom is -0.464 e. The molecule has 14 heteroatoms. The first-order valence-corrected chi connectivity index (χ1v) is 23.4. The van der Waals surface area contributed by atoms with Crippen LogP contribution in [0.2, 0.25) is 0 Å². The highest BCUT2D eigenvalue weighted by Gasteiger charge is 2.37. The molecule has 2 aromatic heterocycles. The summed E-state index contributed by atoms with van der Waals surface area (Å²) in [5, 5.41) is 5.58. The van der Waals surface area contributed by atoms with Crippen LogP contribution in [0.5, 0.6) is 0 Å². The lowest BCUT2D eigenvalue weighted by molar-refractivity contribution is -0.155. The second kappa shape index (κ2) is 21.9. The van der Waals surface area contributed by atoms with E-state index in [2.05, 4.69) is 87.4 Å². The molecule has 1 fully saturated rings. The molecule has 1 saturated heterocycles. The van der Waals surface area contributed by atoms with Crippen molar-refractivity contribution in [3.8, 4) is 22.4 Å². The number of hydrazine groups is 1. The maximum atomic E-state index is 14.7. The maximum Gasteiger partial charge on any atom is 0.324 e. The number of cyclic esters (lactones) is 1. The Morgan fingerprint density at radius 3 is 2.60 bits per heavy atom. The number of esters is 1. The fraction of sp³-hybridized carbons (Fsp3) is 0.434. The molecule has 6 bridgehead atoms. The van der Waals surface area contributed by atoms with Crippen molar-refractivity contribution in [2.75, 3.05) is 33.9 Å². The fourth-order valence-corrected chi connectivity index (χ4v) is 9.33. The number of carbonyl (C=O) groups excluding carboxylic acids is 4. The number of nitrogens with zero attached hydrogens (tertiary/aromatic N) is 6. The van der Waals surface area contributed by atoms with Crippen LogP contribution in [0.4, 0.5) is 0 Å². The van der Waals surface area contributed by atoms with Gasteiger partial charge in [-0.1, -0.05) is 88.4 Å². The van der Waals surface area contributed by atoms with Gasteiger partial charge in [0, 0.05) is 74.4 Å². The zero-order valence-electron chi connectivity index (χ0n) is 39.9. The lowest BCUT2D eigenvalue weighted by Crippen LogP contribution is -2.62. The highest BCUT2D eigenvalue weighted by molar-refractivity contribution is 5.96. The van der Waals surface area contributed by atoms with Crippen molar-refractivity contribution >= 4 is 40.6 Å². The molecule has 352 valence electrons. The Morgan fingerprint density at radius 1 is 1.04 bits per heavy atom. The van der Waals surface area contributed by atoms with E-state index in [-0.39, 0.29) is 43.7 Å². The number of benzene rings is 3. The zero-order chi connectivity index (χ0) is 47.7. The van der Waals surface area contributed by atoms with Gasteiger partial charge in [-0.05, 0) is 83.7 Å². The van der Waals surface area contributed by atoms with Crippen molar-refractivity contribution in [2.45, 2.75) is 105 Å². The van der Waals surface area contributed by atoms with Crippen molar-refractivity contribution in [3.63, 3.8) is 0 Å². The van der Waals surface area contributed by atoms with E-state index in [0.717, 1.165) is 55.5 Å². The lowest BCUT2D eigenvalue weighted by atomic mass is 9.84. The van der Waals surface area contributed by atoms with Gasteiger partial charge in [-0.2, -0.15) is 0 Å². The number of amides is 3. The number of aliphatic imine (C=N–C) groups is 2. The molecule has 5 aromatic rings. The molecule has 2 aliphatic heterocycles. The van der Waals surface area contributed by atoms with Gasteiger partial charge in [-0.15, -0.1) is 0 Å². The normalized spacial score (nSPS) is 17.8. The number of methoxy groups -OCH3 is 1. The van der Waals surface area contributed by atoms with Gasteiger partial charge in [0.15, 0.2) is 0 Å². The highest BCUT2D eigenvalue weighted by Crippen LogP contribution is 2.41. The van der Waals surface area contributed by atoms with Crippen LogP contribution in [0.25, 0.3) is 33.3 Å². The van der Waals surface area contributed by atoms with Crippen LogP contribution in [-0.4, -0.2) is 101 Å². The summed E-state index contributed by atoms with van der Waals surface area (Å²) in [6.45, 7) is 12.3. The van der Waals surface area contributed by atoms with Gasteiger partial charge in [0.1, 0.15) is 18.1 Å². The summed E-state index contributed by atoms with van der Waals surface area (Å²) in [6.07, 6.45) is 5.54. The monoisotopic (exact) mass is 908 g/mol. The van der Waals surface area contributed by atoms with Gasteiger partial charge in [0.05, 0.1) is 38.0 Å². The van der Waals surface area contributed by atoms with Crippen molar-refractivity contribution in [1.82, 2.24) is 30.2 Å². The predicted molar refractivity (Wildman–Crippen MR) is 260 cm³/mol. The fourth-order valence-electron chi connectivity index (χ4n) is 9.33. The Morgan fingerprint density at radius 2 is 1.84 bits per heavy atom. The van der Waals surface area contributed by atoms with E-state index < -0.39 is 35.4 Å². The molecule has 2 aliphatic rings. The Hall–Kier alpha value is -6.47. The van der Waals surface area contributed by atoms with Crippen LogP contribution >= 0.6 is 0 Å². The zero-order valence-corrected chi connectivity index (χ0v) is 39.9. The Bertz CT molecular complexity index is 2630. The molecular formula is C53H64N8O6. The molecule has 0 radical (unpaired) electrons. The first-order valence-electron chi connectivity index (χ1n) is 23.4. The third-order valence-electron chi connectivity index (χ3n) is 12.7. The number of hydrogen-bond acceptors (Lipinski definition) is 10. The molecule has 3 atom stereocenters. The standard InChI is InChI=1S/C53H64N8O6/c1-8-60-46-20-19-39-28-41(46)42(49(60)43-31-54-23-21-40(43)32-66-7)29-53(4,5)33-67-52(65)44-18-13-25-61(58-44)51(64)45(27-37-16-12-17-38(39)26-37)57-50(63)48(35(2)3)59(6)47(62)22-24-55-34-56-30-36-14-10-9-11-15-36/h9-12,14-17,19-21,23,26,28,31,35,44-45,48,58H,8,13,18,22,24-25,27,29-30,32-33H2,1-7H3,(H,57,63)/t44-,45-,48?/m0/s1. The average Bonchev–Trinajstić information content (AvgIpc) is 3.62. The predicted octanol–water partition coefficient (Wildman–Crippen LogP) is 7.43. The molecule has 2 N–H and O–H groups in total. The van der Waals surface area contributed by atoms with Gasteiger partial charge in [-0.3, -0.25) is 29.2 Å². The summed E-state index contributed by atoms with van der Waals surface area (Å²) in [5.41, 5.74) is 11.7. The number of pyridine rings is 1. The minimum absolute atomic E-state index is 0.0540. The SMILES string of the molecule is CCn1c(-c2cnccc2COC)c2c3cc(ccc31)-c1cccc(c1)C[C@H](NC(=O)C(C(C)C)N(C)C(=O)CCN=C=NCc1ccccc1)C(=O)N1CCC[C@H](N1)C(=O)OCC(C)(C)C2. The maximum absolute atomic E-state index is 14.7. The summed E-state index contributed by atoms with van der Waals surface area (Å²) in [7, 11) is 3.30. The first-order chi connectivity index (χ1) is 32.3. The van der Waals surface area contributed by atoms with Crippen molar-refractivity contribution in [2.24, 2.45) is 21.3 Å². The van der Waals surface area contributed by atoms with E-state index in [1.165, 1.54) is 9.91 Å². The lowest BCUT2D eigenvalue weighted by Gasteiger charge is -2.36. The molecule has 0 aliphatic carbocycles. The molecule has 67 heavy (non-hydrogen) atoms. The summed E-state index contributed by atoms with van der Waals surface area (Å²) < 4.78 is 14.1. The molecule has 0 saturated carbocycles. The third kappa shape index (κ3) is 11.6. The van der Waals surface area contributed by atoms with E-state index in [0.29, 0.717) is 45.5 Å². The molecule has 0 spiro atoms. The van der Waals surface area contributed by atoms with Gasteiger partial charge in [-0.25, -0.2) is 15.4 Å². The number of carbonyl (C=O) groups is 4. The van der Waals surface area contributed by atoms with E-state index >= 15 is 0 Å². The molecular weight excluding hydrogens is 845 g/mol. The molecule has 1 unspecified atom stereocenters. The third-order valence-corrected chi connectivity index (χ3v) is 12.7. The summed E-state index contributed by atoms with van der Waals surface area (Å²) in [4.78, 5) is 70.9. The largest absolute Gasteiger partial charge is 0.464 e. The summed E-state index contributed by atoms with van der Waals surface area (Å²) in [6, 6.07) is 26.3. The van der Waals surface area contributed by atoms with Crippen LogP contribution in [0.15, 0.2) is 101 Å². The van der Waals surface area contributed by atoms with Crippen molar-refractivity contribution in [3.05, 3.63) is 114 Å². The Balaban J connectivity index is 1.22. The molecule has 4 heterocycles. The van der Waals surface area contributed by atoms with E-state index in [1.807, 2.05) is 68.6 Å². The van der Waals surface area contributed by atoms with E-state index in [9.17, 15) is 19.2 Å². The van der Waals surface area contributed by atoms with Gasteiger partial charge in [0.2, 0.25) is 11.8 Å². The molecule has 7 rings (SSSR count). The molecule has 3 amide bonds. The Labute approximate surface area is 393 Å². The number of aryl methyl sites for hydroxylation is 1. The van der Waals surface area contributed by atoms with Crippen LogP contribution in [0.1, 0.15) is 76.1 Å². The van der Waals surface area contributed by atoms with Gasteiger partial charge in [0.25, 0.3) is 5.91 Å². The molecule has 14 nitrogen and oxygen atoms in total. The van der Waals surface area contributed by atoms with Crippen LogP contribution < -0.4 is 10.7 Å². The quantitative estimate of drug-likeness (QED) is 0.0912. The first kappa shape index (κ1) is 48.5. The average molecular weight is 909 g/mol. The highest BCUT2D eigenvalue weighted by atomic mass is 16.5. The molecule has 3 aromatic carbocycles. The number of likely N-dealkylation sites (N-methyl/N-ethyl adjacent to an activating group) is 1. The topological polar surface area (TPSA) is 160 Å². The Kier molecular flexibility index (Phi) is 15.8. The summed E-state index contributed by atoms with van der Waals surface area (Å²) in [5.74, 6) is -1.85. The smallest absolute Gasteiger partial charge is 0.324 e. The number of hydrogen-bond donors (Lipinski definition) is 2. The second-order valence-corrected chi connectivity index (χ2v) is 18.7. The number of aromatic nitrogens is 2.